The summed E-state index contributed by atoms with van der Waals surface area (Å²) in [6, 6.07) is 8.24. The highest BCUT2D eigenvalue weighted by Crippen LogP contribution is 2.29. The van der Waals surface area contributed by atoms with E-state index in [-0.39, 0.29) is 5.91 Å². The first-order valence-electron chi connectivity index (χ1n) is 9.00. The van der Waals surface area contributed by atoms with E-state index in [4.69, 9.17) is 4.98 Å². The van der Waals surface area contributed by atoms with Crippen molar-refractivity contribution in [3.63, 3.8) is 0 Å². The van der Waals surface area contributed by atoms with Gasteiger partial charge in [-0.1, -0.05) is 23.5 Å². The van der Waals surface area contributed by atoms with Crippen LogP contribution in [0.15, 0.2) is 24.3 Å². The maximum Gasteiger partial charge on any atom is 0.227 e. The zero-order valence-corrected chi connectivity index (χ0v) is 16.0. The average Bonchev–Trinajstić information content (AvgIpc) is 3.10. The summed E-state index contributed by atoms with van der Waals surface area (Å²) < 4.78 is 1.21. The second-order valence-electron chi connectivity index (χ2n) is 6.77. The SMILES string of the molecule is Cc1n[nH]c(C)c1CC(=O)N1CCCN(c2nc3ccccc3s2)CC1. The smallest absolute Gasteiger partial charge is 0.227 e. The molecule has 1 fully saturated rings. The summed E-state index contributed by atoms with van der Waals surface area (Å²) in [5.41, 5.74) is 3.99. The number of aromatic nitrogens is 3. The number of para-hydroxylation sites is 1. The van der Waals surface area contributed by atoms with Crippen molar-refractivity contribution in [2.45, 2.75) is 26.7 Å². The van der Waals surface area contributed by atoms with Gasteiger partial charge in [-0.15, -0.1) is 0 Å². The molecule has 4 rings (SSSR count). The number of aryl methyl sites for hydroxylation is 2. The van der Waals surface area contributed by atoms with E-state index < -0.39 is 0 Å². The maximum atomic E-state index is 12.8. The number of H-pyrrole nitrogens is 1. The number of nitrogens with zero attached hydrogens (tertiary/aromatic N) is 4. The van der Waals surface area contributed by atoms with Crippen LogP contribution in [0.4, 0.5) is 5.13 Å². The number of hydrogen-bond acceptors (Lipinski definition) is 5. The lowest BCUT2D eigenvalue weighted by molar-refractivity contribution is -0.130. The molecule has 3 aromatic rings. The van der Waals surface area contributed by atoms with Gasteiger partial charge in [0, 0.05) is 37.4 Å². The standard InChI is InChI=1S/C19H23N5OS/c1-13-15(14(2)22-21-13)12-18(25)23-8-5-9-24(11-10-23)19-20-16-6-3-4-7-17(16)26-19/h3-4,6-7H,5,8-12H2,1-2H3,(H,21,22). The topological polar surface area (TPSA) is 65.1 Å². The van der Waals surface area contributed by atoms with Crippen LogP contribution in [0.2, 0.25) is 0 Å². The summed E-state index contributed by atoms with van der Waals surface area (Å²) in [5, 5.41) is 8.21. The van der Waals surface area contributed by atoms with Crippen molar-refractivity contribution in [3.8, 4) is 0 Å². The van der Waals surface area contributed by atoms with Gasteiger partial charge >= 0.3 is 0 Å². The van der Waals surface area contributed by atoms with Crippen molar-refractivity contribution in [2.75, 3.05) is 31.1 Å². The van der Waals surface area contributed by atoms with Gasteiger partial charge in [0.05, 0.1) is 22.3 Å². The summed E-state index contributed by atoms with van der Waals surface area (Å²) in [7, 11) is 0. The minimum Gasteiger partial charge on any atom is -0.346 e. The minimum absolute atomic E-state index is 0.184. The Labute approximate surface area is 156 Å². The molecule has 26 heavy (non-hydrogen) atoms. The zero-order chi connectivity index (χ0) is 18.1. The van der Waals surface area contributed by atoms with Gasteiger partial charge in [0.2, 0.25) is 5.91 Å². The van der Waals surface area contributed by atoms with Crippen LogP contribution in [0.25, 0.3) is 10.2 Å². The molecule has 1 amide bonds. The van der Waals surface area contributed by atoms with Crippen molar-refractivity contribution in [1.82, 2.24) is 20.1 Å². The number of hydrogen-bond donors (Lipinski definition) is 1. The van der Waals surface area contributed by atoms with Gasteiger partial charge in [0.25, 0.3) is 0 Å². The number of anilines is 1. The molecule has 0 bridgehead atoms. The van der Waals surface area contributed by atoms with Crippen LogP contribution in [0.1, 0.15) is 23.4 Å². The molecule has 0 aliphatic carbocycles. The number of fused-ring (bicyclic) bond motifs is 1. The third-order valence-electron chi connectivity index (χ3n) is 5.01. The van der Waals surface area contributed by atoms with E-state index in [1.165, 1.54) is 4.70 Å². The predicted octanol–water partition coefficient (Wildman–Crippen LogP) is 2.92. The molecule has 2 aromatic heterocycles. The molecule has 1 aliphatic rings. The van der Waals surface area contributed by atoms with E-state index in [9.17, 15) is 4.79 Å². The van der Waals surface area contributed by atoms with E-state index in [0.29, 0.717) is 6.42 Å². The van der Waals surface area contributed by atoms with Crippen molar-refractivity contribution >= 4 is 32.6 Å². The number of benzene rings is 1. The number of amides is 1. The number of aromatic amines is 1. The number of nitrogens with one attached hydrogen (secondary N) is 1. The summed E-state index contributed by atoms with van der Waals surface area (Å²) >= 11 is 1.73. The van der Waals surface area contributed by atoms with E-state index in [1.54, 1.807) is 11.3 Å². The maximum absolute atomic E-state index is 12.8. The van der Waals surface area contributed by atoms with Crippen LogP contribution < -0.4 is 4.90 Å². The first kappa shape index (κ1) is 17.0. The lowest BCUT2D eigenvalue weighted by Crippen LogP contribution is -2.36. The van der Waals surface area contributed by atoms with Crippen LogP contribution in [-0.2, 0) is 11.2 Å². The lowest BCUT2D eigenvalue weighted by Gasteiger charge is -2.21. The molecule has 136 valence electrons. The molecule has 7 heteroatoms. The van der Waals surface area contributed by atoms with E-state index in [1.807, 2.05) is 30.9 Å². The average molecular weight is 369 g/mol. The second kappa shape index (κ2) is 7.07. The lowest BCUT2D eigenvalue weighted by atomic mass is 10.1. The molecule has 1 aromatic carbocycles. The molecule has 0 spiro atoms. The Hall–Kier alpha value is -2.41. The second-order valence-corrected chi connectivity index (χ2v) is 7.78. The highest BCUT2D eigenvalue weighted by Gasteiger charge is 2.22. The number of carbonyl (C=O) groups is 1. The van der Waals surface area contributed by atoms with Gasteiger partial charge in [0.1, 0.15) is 0 Å². The number of thiazole rings is 1. The third kappa shape index (κ3) is 3.31. The number of carbonyl (C=O) groups excluding carboxylic acids is 1. The first-order valence-corrected chi connectivity index (χ1v) is 9.82. The van der Waals surface area contributed by atoms with Gasteiger partial charge < -0.3 is 9.80 Å². The Morgan fingerprint density at radius 2 is 2.04 bits per heavy atom. The summed E-state index contributed by atoms with van der Waals surface area (Å²) in [6.45, 7) is 7.23. The van der Waals surface area contributed by atoms with Crippen molar-refractivity contribution in [3.05, 3.63) is 41.2 Å². The Kier molecular flexibility index (Phi) is 4.63. The largest absolute Gasteiger partial charge is 0.346 e. The Balaban J connectivity index is 1.43. The Morgan fingerprint density at radius 3 is 2.81 bits per heavy atom. The highest BCUT2D eigenvalue weighted by atomic mass is 32.1. The molecular weight excluding hydrogens is 346 g/mol. The molecule has 0 unspecified atom stereocenters. The van der Waals surface area contributed by atoms with Crippen molar-refractivity contribution < 1.29 is 4.79 Å². The highest BCUT2D eigenvalue weighted by molar-refractivity contribution is 7.22. The molecule has 0 atom stereocenters. The fourth-order valence-corrected chi connectivity index (χ4v) is 4.47. The molecular formula is C19H23N5OS. The van der Waals surface area contributed by atoms with Crippen LogP contribution in [0.5, 0.6) is 0 Å². The fourth-order valence-electron chi connectivity index (χ4n) is 3.45. The van der Waals surface area contributed by atoms with E-state index >= 15 is 0 Å². The molecule has 0 radical (unpaired) electrons. The third-order valence-corrected chi connectivity index (χ3v) is 6.11. The zero-order valence-electron chi connectivity index (χ0n) is 15.2. The predicted molar refractivity (Wildman–Crippen MR) is 105 cm³/mol. The normalized spacial score (nSPS) is 15.5. The molecule has 1 N–H and O–H groups in total. The Bertz CT molecular complexity index is 879. The minimum atomic E-state index is 0.184. The van der Waals surface area contributed by atoms with Crippen LogP contribution in [0, 0.1) is 13.8 Å². The molecule has 6 nitrogen and oxygen atoms in total. The summed E-state index contributed by atoms with van der Waals surface area (Å²) in [6.07, 6.45) is 1.39. The molecule has 0 saturated carbocycles. The van der Waals surface area contributed by atoms with Gasteiger partial charge in [-0.25, -0.2) is 4.98 Å². The van der Waals surface area contributed by atoms with Crippen LogP contribution >= 0.6 is 11.3 Å². The van der Waals surface area contributed by atoms with Gasteiger partial charge in [0.15, 0.2) is 5.13 Å². The van der Waals surface area contributed by atoms with Crippen LogP contribution in [-0.4, -0.2) is 52.2 Å². The van der Waals surface area contributed by atoms with E-state index in [0.717, 1.165) is 60.2 Å². The van der Waals surface area contributed by atoms with Crippen LogP contribution in [0.3, 0.4) is 0 Å². The summed E-state index contributed by atoms with van der Waals surface area (Å²) in [5.74, 6) is 0.184. The summed E-state index contributed by atoms with van der Waals surface area (Å²) in [4.78, 5) is 21.8. The Morgan fingerprint density at radius 1 is 1.19 bits per heavy atom. The molecule has 1 aliphatic heterocycles. The van der Waals surface area contributed by atoms with Crippen molar-refractivity contribution in [2.24, 2.45) is 0 Å². The quantitative estimate of drug-likeness (QED) is 0.771. The van der Waals surface area contributed by atoms with Gasteiger partial charge in [-0.05, 0) is 32.4 Å². The monoisotopic (exact) mass is 369 g/mol. The first-order chi connectivity index (χ1) is 12.6. The van der Waals surface area contributed by atoms with Gasteiger partial charge in [-0.3, -0.25) is 9.89 Å². The van der Waals surface area contributed by atoms with Gasteiger partial charge in [-0.2, -0.15) is 5.10 Å². The number of rotatable bonds is 3. The fraction of sp³-hybridized carbons (Fsp3) is 0.421. The molecule has 3 heterocycles. The molecule has 1 saturated heterocycles. The van der Waals surface area contributed by atoms with Crippen molar-refractivity contribution in [1.29, 1.82) is 0 Å². The van der Waals surface area contributed by atoms with E-state index in [2.05, 4.69) is 27.2 Å².